The third-order valence-electron chi connectivity index (χ3n) is 4.28. The molecular formula is C15H25N5O2S. The van der Waals surface area contributed by atoms with E-state index in [9.17, 15) is 8.42 Å². The van der Waals surface area contributed by atoms with Crippen LogP contribution in [0, 0.1) is 0 Å². The summed E-state index contributed by atoms with van der Waals surface area (Å²) in [6.45, 7) is 4.58. The number of hydrogen-bond acceptors (Lipinski definition) is 7. The Balaban J connectivity index is 1.57. The molecule has 23 heavy (non-hydrogen) atoms. The summed E-state index contributed by atoms with van der Waals surface area (Å²) in [4.78, 5) is 0.359. The highest BCUT2D eigenvalue weighted by Gasteiger charge is 2.23. The lowest BCUT2D eigenvalue weighted by Crippen LogP contribution is -2.59. The van der Waals surface area contributed by atoms with Crippen molar-refractivity contribution < 1.29 is 8.42 Å². The molecule has 2 aliphatic rings. The number of benzene rings is 1. The Labute approximate surface area is 137 Å². The van der Waals surface area contributed by atoms with Gasteiger partial charge in [0, 0.05) is 45.0 Å². The molecule has 1 aromatic rings. The maximum absolute atomic E-state index is 11.5. The summed E-state index contributed by atoms with van der Waals surface area (Å²) < 4.78 is 23.1. The van der Waals surface area contributed by atoms with Crippen LogP contribution in [0.2, 0.25) is 0 Å². The fourth-order valence-corrected chi connectivity index (χ4v) is 3.63. The number of hydrogen-bond donors (Lipinski definition) is 5. The van der Waals surface area contributed by atoms with Crippen LogP contribution in [0.4, 0.5) is 0 Å². The van der Waals surface area contributed by atoms with E-state index in [1.165, 1.54) is 6.26 Å². The van der Waals surface area contributed by atoms with Gasteiger partial charge in [-0.05, 0) is 17.7 Å². The minimum Gasteiger partial charge on any atom is -0.312 e. The molecule has 7 nitrogen and oxygen atoms in total. The van der Waals surface area contributed by atoms with Gasteiger partial charge in [0.15, 0.2) is 9.84 Å². The molecule has 0 aromatic heterocycles. The van der Waals surface area contributed by atoms with Gasteiger partial charge in [0.25, 0.3) is 0 Å². The van der Waals surface area contributed by atoms with Crippen molar-refractivity contribution in [1.82, 2.24) is 26.6 Å². The normalized spacial score (nSPS) is 26.5. The molecule has 0 aliphatic carbocycles. The zero-order valence-corrected chi connectivity index (χ0v) is 14.1. The van der Waals surface area contributed by atoms with E-state index >= 15 is 0 Å². The van der Waals surface area contributed by atoms with Crippen LogP contribution in [0.15, 0.2) is 29.2 Å². The number of sulfone groups is 1. The number of rotatable bonds is 5. The molecule has 2 fully saturated rings. The SMILES string of the molecule is CS(=O)(=O)c1ccc(C2CNCC(NCC3NCCN3)N2)cc1. The summed E-state index contributed by atoms with van der Waals surface area (Å²) in [5, 5.41) is 17.3. The average Bonchev–Trinajstić information content (AvgIpc) is 3.06. The quantitative estimate of drug-likeness (QED) is 0.458. The van der Waals surface area contributed by atoms with Crippen molar-refractivity contribution in [2.45, 2.75) is 23.3 Å². The Morgan fingerprint density at radius 1 is 1.13 bits per heavy atom. The molecule has 2 unspecified atom stereocenters. The fourth-order valence-electron chi connectivity index (χ4n) is 2.99. The van der Waals surface area contributed by atoms with E-state index in [0.717, 1.165) is 38.3 Å². The average molecular weight is 339 g/mol. The van der Waals surface area contributed by atoms with Crippen LogP contribution in [-0.4, -0.2) is 59.7 Å². The molecule has 2 atom stereocenters. The molecule has 2 heterocycles. The van der Waals surface area contributed by atoms with Gasteiger partial charge in [0.2, 0.25) is 0 Å². The van der Waals surface area contributed by atoms with E-state index in [4.69, 9.17) is 0 Å². The fraction of sp³-hybridized carbons (Fsp3) is 0.600. The summed E-state index contributed by atoms with van der Waals surface area (Å²) >= 11 is 0. The van der Waals surface area contributed by atoms with Crippen LogP contribution in [-0.2, 0) is 9.84 Å². The smallest absolute Gasteiger partial charge is 0.175 e. The van der Waals surface area contributed by atoms with Gasteiger partial charge in [-0.2, -0.15) is 0 Å². The Morgan fingerprint density at radius 2 is 1.83 bits per heavy atom. The zero-order chi connectivity index (χ0) is 16.3. The summed E-state index contributed by atoms with van der Waals surface area (Å²) in [6.07, 6.45) is 1.74. The van der Waals surface area contributed by atoms with Gasteiger partial charge >= 0.3 is 0 Å². The molecule has 8 heteroatoms. The molecule has 0 saturated carbocycles. The molecule has 1 aromatic carbocycles. The monoisotopic (exact) mass is 339 g/mol. The van der Waals surface area contributed by atoms with E-state index in [-0.39, 0.29) is 12.2 Å². The van der Waals surface area contributed by atoms with Crippen molar-refractivity contribution in [3.8, 4) is 0 Å². The summed E-state index contributed by atoms with van der Waals surface area (Å²) in [7, 11) is -3.14. The van der Waals surface area contributed by atoms with Crippen molar-refractivity contribution in [2.75, 3.05) is 39.0 Å². The topological polar surface area (TPSA) is 94.3 Å². The highest BCUT2D eigenvalue weighted by molar-refractivity contribution is 7.90. The Hall–Kier alpha value is -1.03. The van der Waals surface area contributed by atoms with E-state index in [0.29, 0.717) is 11.1 Å². The van der Waals surface area contributed by atoms with E-state index < -0.39 is 9.84 Å². The van der Waals surface area contributed by atoms with Crippen molar-refractivity contribution in [3.63, 3.8) is 0 Å². The van der Waals surface area contributed by atoms with Crippen LogP contribution in [0.1, 0.15) is 11.6 Å². The van der Waals surface area contributed by atoms with Gasteiger partial charge in [-0.1, -0.05) is 12.1 Å². The largest absolute Gasteiger partial charge is 0.312 e. The van der Waals surface area contributed by atoms with Gasteiger partial charge in [0.05, 0.1) is 17.2 Å². The van der Waals surface area contributed by atoms with E-state index in [1.807, 2.05) is 12.1 Å². The molecule has 5 N–H and O–H groups in total. The van der Waals surface area contributed by atoms with Gasteiger partial charge in [0.1, 0.15) is 0 Å². The summed E-state index contributed by atoms with van der Waals surface area (Å²) in [5.74, 6) is 0. The number of nitrogens with one attached hydrogen (secondary N) is 5. The standard InChI is InChI=1S/C15H25N5O2S/c1-23(21,22)12-4-2-11(3-5-12)13-8-16-9-15(20-13)19-10-14-17-6-7-18-14/h2-5,13-20H,6-10H2,1H3. The molecule has 0 bridgehead atoms. The maximum atomic E-state index is 11.5. The first-order valence-corrected chi connectivity index (χ1v) is 9.88. The van der Waals surface area contributed by atoms with Crippen molar-refractivity contribution in [2.24, 2.45) is 0 Å². The minimum absolute atomic E-state index is 0.166. The number of piperazine rings is 1. The first kappa shape index (κ1) is 16.8. The Morgan fingerprint density at radius 3 is 2.48 bits per heavy atom. The van der Waals surface area contributed by atoms with Gasteiger partial charge in [-0.15, -0.1) is 0 Å². The van der Waals surface area contributed by atoms with Gasteiger partial charge in [-0.25, -0.2) is 8.42 Å². The summed E-state index contributed by atoms with van der Waals surface area (Å²) in [5.41, 5.74) is 1.09. The lowest BCUT2D eigenvalue weighted by molar-refractivity contribution is 0.291. The highest BCUT2D eigenvalue weighted by Crippen LogP contribution is 2.18. The molecule has 0 amide bonds. The highest BCUT2D eigenvalue weighted by atomic mass is 32.2. The Kier molecular flexibility index (Phi) is 5.30. The van der Waals surface area contributed by atoms with Crippen molar-refractivity contribution in [1.29, 1.82) is 0 Å². The molecule has 2 saturated heterocycles. The second-order valence-corrected chi connectivity index (χ2v) is 8.16. The van der Waals surface area contributed by atoms with Crippen LogP contribution < -0.4 is 26.6 Å². The molecule has 0 spiro atoms. The predicted molar refractivity (Wildman–Crippen MR) is 89.9 cm³/mol. The van der Waals surface area contributed by atoms with Crippen molar-refractivity contribution in [3.05, 3.63) is 29.8 Å². The third kappa shape index (κ3) is 4.50. The van der Waals surface area contributed by atoms with Crippen LogP contribution in [0.3, 0.4) is 0 Å². The second-order valence-electron chi connectivity index (χ2n) is 6.14. The van der Waals surface area contributed by atoms with Crippen molar-refractivity contribution >= 4 is 9.84 Å². The first-order valence-electron chi connectivity index (χ1n) is 7.99. The summed E-state index contributed by atoms with van der Waals surface area (Å²) in [6, 6.07) is 7.29. The second kappa shape index (κ2) is 7.25. The lowest BCUT2D eigenvalue weighted by Gasteiger charge is -2.33. The van der Waals surface area contributed by atoms with Gasteiger partial charge in [-0.3, -0.25) is 21.3 Å². The molecule has 0 radical (unpaired) electrons. The lowest BCUT2D eigenvalue weighted by atomic mass is 10.0. The van der Waals surface area contributed by atoms with Crippen LogP contribution in [0.5, 0.6) is 0 Å². The van der Waals surface area contributed by atoms with Crippen LogP contribution >= 0.6 is 0 Å². The molecule has 128 valence electrons. The molecular weight excluding hydrogens is 314 g/mol. The first-order chi connectivity index (χ1) is 11.0. The Bertz CT molecular complexity index is 613. The predicted octanol–water partition coefficient (Wildman–Crippen LogP) is -1.24. The van der Waals surface area contributed by atoms with E-state index in [2.05, 4.69) is 26.6 Å². The van der Waals surface area contributed by atoms with Gasteiger partial charge < -0.3 is 5.32 Å². The van der Waals surface area contributed by atoms with E-state index in [1.54, 1.807) is 12.1 Å². The zero-order valence-electron chi connectivity index (χ0n) is 13.3. The maximum Gasteiger partial charge on any atom is 0.175 e. The molecule has 3 rings (SSSR count). The molecule has 2 aliphatic heterocycles. The third-order valence-corrected chi connectivity index (χ3v) is 5.41. The minimum atomic E-state index is -3.14. The van der Waals surface area contributed by atoms with Crippen LogP contribution in [0.25, 0.3) is 0 Å².